The number of aliphatic carboxylic acids is 1. The Balaban J connectivity index is 1.19. The van der Waals surface area contributed by atoms with Crippen LogP contribution in [0, 0.1) is 0 Å². The van der Waals surface area contributed by atoms with Crippen LogP contribution in [0.25, 0.3) is 0 Å². The fourth-order valence-corrected chi connectivity index (χ4v) is 6.86. The first-order valence-electron chi connectivity index (χ1n) is 16.1. The highest BCUT2D eigenvalue weighted by molar-refractivity contribution is 5.90. The summed E-state index contributed by atoms with van der Waals surface area (Å²) in [6.45, 7) is 0.673. The molecule has 0 amide bonds. The zero-order valence-corrected chi connectivity index (χ0v) is 26.9. The number of nitrogens with one attached hydrogen (secondary N) is 1. The van der Waals surface area contributed by atoms with E-state index in [0.717, 1.165) is 32.9 Å². The average Bonchev–Trinajstić information content (AvgIpc) is 3.80. The number of aliphatic hydroxyl groups is 4. The molecule has 0 aromatic heterocycles. The molecule has 5 aliphatic heterocycles. The SMILES string of the molecule is COc1ccc2c(c1OCCO)OC1c3c(C[NH+]4C=C5N=CC=C5C4)cc(OC4OC(COC(=O)CC(=O)O)C(O)C(O)C4O)cc3OCC21. The molecule has 1 saturated heterocycles. The van der Waals surface area contributed by atoms with Crippen LogP contribution in [0.4, 0.5) is 0 Å². The van der Waals surface area contributed by atoms with Crippen molar-refractivity contribution in [3.63, 3.8) is 0 Å². The molecule has 5 aliphatic rings. The molecular formula is C34H37N2O14+. The van der Waals surface area contributed by atoms with Gasteiger partial charge in [-0.2, -0.15) is 0 Å². The molecule has 16 heteroatoms. The number of rotatable bonds is 12. The smallest absolute Gasteiger partial charge is 0.317 e. The molecule has 16 nitrogen and oxygen atoms in total. The summed E-state index contributed by atoms with van der Waals surface area (Å²) in [5.74, 6) is -0.623. The highest BCUT2D eigenvalue weighted by Crippen LogP contribution is 2.57. The summed E-state index contributed by atoms with van der Waals surface area (Å²) < 4.78 is 41.1. The standard InChI is InChI=1S/C34H36N2O14/c1-44-22-3-2-19-20-14-46-23-9-18(48-34-30(43)29(42)28(41)24(49-34)15-47-26(40)10-25(38)39)8-17(12-36-11-16-4-5-35-21(16)13-36)27(23)31(20)50-32(19)33(22)45-7-6-37/h2-5,8-9,13,20,24,28-31,34,37,41-43H,6-7,10-12,14-15H2,1H3,(H,38,39)/p+1. The van der Waals surface area contributed by atoms with Crippen molar-refractivity contribution in [1.29, 1.82) is 0 Å². The molecule has 7 rings (SSSR count). The van der Waals surface area contributed by atoms with Gasteiger partial charge in [0, 0.05) is 34.5 Å². The molecule has 6 N–H and O–H groups in total. The molecule has 0 radical (unpaired) electrons. The molecule has 2 aromatic rings. The monoisotopic (exact) mass is 697 g/mol. The molecule has 0 bridgehead atoms. The van der Waals surface area contributed by atoms with Gasteiger partial charge in [0.1, 0.15) is 86.6 Å². The Morgan fingerprint density at radius 1 is 1.12 bits per heavy atom. The molecule has 266 valence electrons. The number of methoxy groups -OCH3 is 1. The Kier molecular flexibility index (Phi) is 9.38. The van der Waals surface area contributed by atoms with E-state index in [-0.39, 0.29) is 31.5 Å². The quantitative estimate of drug-likeness (QED) is 0.118. The van der Waals surface area contributed by atoms with E-state index in [1.807, 2.05) is 18.3 Å². The number of ether oxygens (including phenoxy) is 7. The summed E-state index contributed by atoms with van der Waals surface area (Å²) >= 11 is 0. The molecule has 8 unspecified atom stereocenters. The first kappa shape index (κ1) is 33.8. The Bertz CT molecular complexity index is 1760. The van der Waals surface area contributed by atoms with Crippen LogP contribution in [-0.2, 0) is 25.6 Å². The minimum atomic E-state index is -1.73. The van der Waals surface area contributed by atoms with E-state index in [2.05, 4.69) is 4.99 Å². The third kappa shape index (κ3) is 6.36. The molecule has 0 saturated carbocycles. The summed E-state index contributed by atoms with van der Waals surface area (Å²) in [7, 11) is 1.52. The maximum atomic E-state index is 11.8. The Hall–Kier alpha value is -4.71. The molecule has 2 aromatic carbocycles. The van der Waals surface area contributed by atoms with E-state index in [0.29, 0.717) is 36.1 Å². The Labute approximate surface area is 285 Å². The van der Waals surface area contributed by atoms with Crippen LogP contribution >= 0.6 is 0 Å². The number of esters is 1. The average molecular weight is 698 g/mol. The van der Waals surface area contributed by atoms with Crippen molar-refractivity contribution in [3.05, 3.63) is 64.5 Å². The lowest BCUT2D eigenvalue weighted by molar-refractivity contribution is -0.851. The summed E-state index contributed by atoms with van der Waals surface area (Å²) in [5, 5.41) is 50.2. The van der Waals surface area contributed by atoms with Crippen molar-refractivity contribution in [2.45, 2.75) is 55.7 Å². The number of carbonyl (C=O) groups excluding carboxylic acids is 1. The summed E-state index contributed by atoms with van der Waals surface area (Å²) in [5.41, 5.74) is 4.46. The number of fused-ring (bicyclic) bond motifs is 6. The number of hydrogen-bond acceptors (Lipinski definition) is 14. The number of allylic oxidation sites excluding steroid dienone is 1. The predicted octanol–water partition coefficient (Wildman–Crippen LogP) is -0.869. The van der Waals surface area contributed by atoms with Crippen molar-refractivity contribution >= 4 is 18.2 Å². The van der Waals surface area contributed by atoms with E-state index < -0.39 is 61.8 Å². The van der Waals surface area contributed by atoms with Crippen molar-refractivity contribution in [1.82, 2.24) is 0 Å². The van der Waals surface area contributed by atoms with Crippen LogP contribution in [0.3, 0.4) is 0 Å². The molecule has 1 fully saturated rings. The summed E-state index contributed by atoms with van der Waals surface area (Å²) in [6, 6.07) is 7.10. The highest BCUT2D eigenvalue weighted by atomic mass is 16.7. The number of aliphatic imine (C=N–C) groups is 1. The van der Waals surface area contributed by atoms with Gasteiger partial charge in [-0.05, 0) is 18.2 Å². The number of carbonyl (C=O) groups is 2. The van der Waals surface area contributed by atoms with Crippen LogP contribution in [0.15, 0.2) is 52.8 Å². The van der Waals surface area contributed by atoms with Gasteiger partial charge < -0.3 is 58.7 Å². The molecule has 5 heterocycles. The molecular weight excluding hydrogens is 660 g/mol. The minimum Gasteiger partial charge on any atom is -0.493 e. The van der Waals surface area contributed by atoms with Crippen molar-refractivity contribution in [2.75, 3.05) is 40.1 Å². The fraction of sp³-hybridized carbons (Fsp3) is 0.441. The summed E-state index contributed by atoms with van der Waals surface area (Å²) in [6.07, 6.45) is -3.52. The largest absolute Gasteiger partial charge is 0.493 e. The maximum Gasteiger partial charge on any atom is 0.317 e. The van der Waals surface area contributed by atoms with Gasteiger partial charge in [0.2, 0.25) is 12.0 Å². The van der Waals surface area contributed by atoms with Gasteiger partial charge in [-0.25, -0.2) is 0 Å². The van der Waals surface area contributed by atoms with E-state index >= 15 is 0 Å². The van der Waals surface area contributed by atoms with Crippen LogP contribution in [-0.4, -0.2) is 114 Å². The van der Waals surface area contributed by atoms with Crippen LogP contribution < -0.4 is 28.6 Å². The predicted molar refractivity (Wildman–Crippen MR) is 168 cm³/mol. The third-order valence-corrected chi connectivity index (χ3v) is 9.20. The Morgan fingerprint density at radius 2 is 1.96 bits per heavy atom. The maximum absolute atomic E-state index is 11.8. The molecule has 8 atom stereocenters. The van der Waals surface area contributed by atoms with Crippen molar-refractivity contribution in [3.8, 4) is 28.7 Å². The van der Waals surface area contributed by atoms with Gasteiger partial charge >= 0.3 is 11.9 Å². The number of quaternary nitrogens is 1. The number of nitrogens with zero attached hydrogens (tertiary/aromatic N) is 1. The number of carboxylic acid groups (broad SMARTS) is 1. The number of aliphatic hydroxyl groups excluding tert-OH is 4. The van der Waals surface area contributed by atoms with Crippen molar-refractivity contribution in [2.24, 2.45) is 4.99 Å². The summed E-state index contributed by atoms with van der Waals surface area (Å²) in [4.78, 5) is 28.2. The third-order valence-electron chi connectivity index (χ3n) is 9.20. The van der Waals surface area contributed by atoms with E-state index in [1.165, 1.54) is 7.11 Å². The highest BCUT2D eigenvalue weighted by Gasteiger charge is 2.47. The van der Waals surface area contributed by atoms with E-state index in [9.17, 15) is 30.0 Å². The zero-order chi connectivity index (χ0) is 35.1. The first-order valence-corrected chi connectivity index (χ1v) is 16.1. The normalized spacial score (nSPS) is 28.6. The van der Waals surface area contributed by atoms with Gasteiger partial charge in [0.05, 0.1) is 26.2 Å². The number of carboxylic acids is 1. The molecule has 50 heavy (non-hydrogen) atoms. The lowest BCUT2D eigenvalue weighted by Gasteiger charge is -2.40. The number of hydrogen-bond donors (Lipinski definition) is 6. The van der Waals surface area contributed by atoms with Crippen LogP contribution in [0.5, 0.6) is 28.7 Å². The minimum absolute atomic E-state index is 0.0440. The fourth-order valence-electron chi connectivity index (χ4n) is 6.86. The van der Waals surface area contributed by atoms with E-state index in [1.54, 1.807) is 24.4 Å². The molecule has 0 aliphatic carbocycles. The van der Waals surface area contributed by atoms with Gasteiger partial charge in [0.15, 0.2) is 11.5 Å². The van der Waals surface area contributed by atoms with Crippen LogP contribution in [0.1, 0.15) is 35.1 Å². The second-order valence-corrected chi connectivity index (χ2v) is 12.4. The van der Waals surface area contributed by atoms with Gasteiger partial charge in [-0.1, -0.05) is 6.07 Å². The Morgan fingerprint density at radius 3 is 2.72 bits per heavy atom. The topological polar surface area (TPSA) is 217 Å². The lowest BCUT2D eigenvalue weighted by Crippen LogP contribution is -3.04. The zero-order valence-electron chi connectivity index (χ0n) is 26.9. The van der Waals surface area contributed by atoms with Crippen molar-refractivity contribution < 1.29 is 73.2 Å². The number of benzene rings is 2. The lowest BCUT2D eigenvalue weighted by atomic mass is 9.86. The van der Waals surface area contributed by atoms with Crippen LogP contribution in [0.2, 0.25) is 0 Å². The second kappa shape index (κ2) is 13.9. The first-order chi connectivity index (χ1) is 24.1. The van der Waals surface area contributed by atoms with E-state index in [4.69, 9.17) is 38.3 Å². The van der Waals surface area contributed by atoms with Gasteiger partial charge in [-0.3, -0.25) is 19.5 Å². The molecule has 0 spiro atoms. The second-order valence-electron chi connectivity index (χ2n) is 12.4. The van der Waals surface area contributed by atoms with Gasteiger partial charge in [-0.15, -0.1) is 0 Å². The van der Waals surface area contributed by atoms with Gasteiger partial charge in [0.25, 0.3) is 0 Å².